The molecule has 0 bridgehead atoms. The van der Waals surface area contributed by atoms with E-state index in [1.54, 1.807) is 0 Å². The summed E-state index contributed by atoms with van der Waals surface area (Å²) in [5, 5.41) is 0. The topological polar surface area (TPSA) is 17.1 Å². The first-order valence-corrected chi connectivity index (χ1v) is 0.753. The van der Waals surface area contributed by atoms with Gasteiger partial charge in [0.1, 0.15) is 0 Å². The van der Waals surface area contributed by atoms with Gasteiger partial charge in [-0.3, -0.25) is 4.70 Å². The third-order valence-corrected chi connectivity index (χ3v) is 0. The molecular weight excluding hydrogens is 92.9 g/mol. The summed E-state index contributed by atoms with van der Waals surface area (Å²) < 4.78 is 8.19. The quantitative estimate of drug-likeness (QED) is 0.296. The fourth-order valence-electron chi connectivity index (χ4n) is 0. The minimum absolute atomic E-state index is 0. The Kier molecular flexibility index (Phi) is 205. The number of halogens is 1. The van der Waals surface area contributed by atoms with Crippen LogP contribution in [0.4, 0.5) is 4.70 Å². The number of hydrogen-bond donors (Lipinski definition) is 0. The Balaban J connectivity index is -0.00000000167. The zero-order valence-electron chi connectivity index (χ0n) is 3.26. The molecule has 0 aliphatic rings. The van der Waals surface area contributed by atoms with Crippen LogP contribution in [0.5, 0.6) is 0 Å². The van der Waals surface area contributed by atoms with E-state index in [1.807, 2.05) is 0 Å². The van der Waals surface area contributed by atoms with Crippen LogP contribution in [0.25, 0.3) is 0 Å². The summed E-state index contributed by atoms with van der Waals surface area (Å²) in [6, 6.07) is 0. The van der Waals surface area contributed by atoms with Crippen molar-refractivity contribution in [3.8, 4) is 0 Å². The molecule has 4 heavy (non-hydrogen) atoms. The van der Waals surface area contributed by atoms with E-state index in [-0.39, 0.29) is 25.0 Å². The van der Waals surface area contributed by atoms with Crippen molar-refractivity contribution in [2.24, 2.45) is 0 Å². The van der Waals surface area contributed by atoms with Crippen LogP contribution in [0.1, 0.15) is 1.43 Å². The summed E-state index contributed by atoms with van der Waals surface area (Å²) in [5.41, 5.74) is 0. The molecule has 0 rings (SSSR count). The molecule has 21 valence electrons. The van der Waals surface area contributed by atoms with Crippen LogP contribution in [0.2, 0.25) is 0 Å². The van der Waals surface area contributed by atoms with Crippen molar-refractivity contribution in [3.63, 3.8) is 0 Å². The molecule has 0 fully saturated rings. The molecule has 0 spiro atoms. The Morgan fingerprint density at radius 3 is 1.50 bits per heavy atom. The first-order chi connectivity index (χ1) is 1.00. The van der Waals surface area contributed by atoms with Gasteiger partial charge in [-0.2, -0.15) is 0 Å². The zero-order chi connectivity index (χ0) is 2.00. The second kappa shape index (κ2) is 39.9. The summed E-state index contributed by atoms with van der Waals surface area (Å²) >= 11 is 1.06. The standard InChI is InChI=1S/FH.Li.O.V.H/h1H;;;;/q;+1;;;-1. The van der Waals surface area contributed by atoms with Gasteiger partial charge in [0.2, 0.25) is 0 Å². The normalized spacial score (nSPS) is 0.750. The summed E-state index contributed by atoms with van der Waals surface area (Å²) in [5.74, 6) is 0. The van der Waals surface area contributed by atoms with Gasteiger partial charge in [-0.05, 0) is 0 Å². The summed E-state index contributed by atoms with van der Waals surface area (Å²) in [6.07, 6.45) is 0. The van der Waals surface area contributed by atoms with Gasteiger partial charge in [-0.25, -0.2) is 0 Å². The SMILES string of the molecule is F.[H-].[Li+].[O]=[V]. The summed E-state index contributed by atoms with van der Waals surface area (Å²) in [6.45, 7) is 0. The molecule has 0 saturated heterocycles. The van der Waals surface area contributed by atoms with Crippen LogP contribution in [-0.4, -0.2) is 0 Å². The zero-order valence-corrected chi connectivity index (χ0v) is 3.66. The van der Waals surface area contributed by atoms with Gasteiger partial charge in [-0.15, -0.1) is 0 Å². The van der Waals surface area contributed by atoms with Gasteiger partial charge in [0.25, 0.3) is 0 Å². The molecular formula is H2FLiOV. The molecule has 0 radical (unpaired) electrons. The predicted molar refractivity (Wildman–Crippen MR) is 4.30 cm³/mol. The van der Waals surface area contributed by atoms with E-state index in [1.165, 1.54) is 0 Å². The fourth-order valence-corrected chi connectivity index (χ4v) is 0. The third-order valence-electron chi connectivity index (χ3n) is 0. The second-order valence-electron chi connectivity index (χ2n) is 0. The molecule has 0 aliphatic heterocycles. The van der Waals surface area contributed by atoms with E-state index < -0.39 is 0 Å². The molecule has 0 aromatic carbocycles. The molecule has 0 N–H and O–H groups in total. The monoisotopic (exact) mass is 95.0 g/mol. The molecule has 0 unspecified atom stereocenters. The molecule has 0 saturated carbocycles. The molecule has 0 atom stereocenters. The summed E-state index contributed by atoms with van der Waals surface area (Å²) in [7, 11) is 0. The van der Waals surface area contributed by atoms with Gasteiger partial charge >= 0.3 is 39.9 Å². The molecule has 1 nitrogen and oxygen atoms in total. The van der Waals surface area contributed by atoms with Crippen molar-refractivity contribution in [1.82, 2.24) is 0 Å². The van der Waals surface area contributed by atoms with Crippen LogP contribution in [0, 0.1) is 0 Å². The van der Waals surface area contributed by atoms with Gasteiger partial charge in [-0.1, -0.05) is 0 Å². The van der Waals surface area contributed by atoms with Gasteiger partial charge in [0.05, 0.1) is 0 Å². The first kappa shape index (κ1) is 20.6. The maximum atomic E-state index is 8.19. The first-order valence-electron chi connectivity index (χ1n) is 0.183. The average molecular weight is 94.9 g/mol. The maximum absolute atomic E-state index is 8.19. The van der Waals surface area contributed by atoms with Gasteiger partial charge < -0.3 is 1.43 Å². The van der Waals surface area contributed by atoms with E-state index in [0.717, 1.165) is 17.4 Å². The number of hydrogen-bond acceptors (Lipinski definition) is 1. The fraction of sp³-hybridized carbons (Fsp3) is 0. The third kappa shape index (κ3) is 12.8. The van der Waals surface area contributed by atoms with Crippen molar-refractivity contribution >= 4 is 0 Å². The summed E-state index contributed by atoms with van der Waals surface area (Å²) in [4.78, 5) is 0. The van der Waals surface area contributed by atoms with Crippen LogP contribution in [-0.2, 0) is 21.0 Å². The Morgan fingerprint density at radius 2 is 1.50 bits per heavy atom. The van der Waals surface area contributed by atoms with E-state index >= 15 is 0 Å². The molecule has 0 aliphatic carbocycles. The molecule has 0 aromatic rings. The van der Waals surface area contributed by atoms with E-state index in [0.29, 0.717) is 0 Å². The Hall–Kier alpha value is 0.912. The van der Waals surface area contributed by atoms with Gasteiger partial charge in [0, 0.05) is 0 Å². The Morgan fingerprint density at radius 1 is 1.50 bits per heavy atom. The Labute approximate surface area is 46.4 Å². The predicted octanol–water partition coefficient (Wildman–Crippen LogP) is -2.85. The average Bonchev–Trinajstić information content (AvgIpc) is 1.00. The van der Waals surface area contributed by atoms with Crippen molar-refractivity contribution in [1.29, 1.82) is 0 Å². The van der Waals surface area contributed by atoms with E-state index in [9.17, 15) is 0 Å². The van der Waals surface area contributed by atoms with E-state index in [4.69, 9.17) is 3.67 Å². The minimum atomic E-state index is 0. The Bertz CT molecular complexity index is 11.6. The van der Waals surface area contributed by atoms with Crippen molar-refractivity contribution < 1.29 is 46.0 Å². The van der Waals surface area contributed by atoms with Crippen molar-refractivity contribution in [3.05, 3.63) is 0 Å². The van der Waals surface area contributed by atoms with Crippen LogP contribution < -0.4 is 18.9 Å². The van der Waals surface area contributed by atoms with Gasteiger partial charge in [0.15, 0.2) is 0 Å². The molecule has 0 heterocycles. The number of rotatable bonds is 0. The molecule has 4 heteroatoms. The van der Waals surface area contributed by atoms with Crippen LogP contribution >= 0.6 is 0 Å². The second-order valence-corrected chi connectivity index (χ2v) is 0. The van der Waals surface area contributed by atoms with Crippen molar-refractivity contribution in [2.45, 2.75) is 0 Å². The van der Waals surface area contributed by atoms with Crippen molar-refractivity contribution in [2.75, 3.05) is 0 Å². The molecule has 0 aromatic heterocycles. The molecule has 0 amide bonds. The van der Waals surface area contributed by atoms with E-state index in [2.05, 4.69) is 0 Å². The van der Waals surface area contributed by atoms with Crippen LogP contribution in [0.3, 0.4) is 0 Å². The van der Waals surface area contributed by atoms with Crippen LogP contribution in [0.15, 0.2) is 0 Å².